The van der Waals surface area contributed by atoms with E-state index in [9.17, 15) is 9.50 Å². The fourth-order valence-electron chi connectivity index (χ4n) is 1.76. The fraction of sp³-hybridized carbons (Fsp3) is 0.438. The van der Waals surface area contributed by atoms with Gasteiger partial charge in [-0.1, -0.05) is 32.9 Å². The lowest BCUT2D eigenvalue weighted by molar-refractivity contribution is 0.200. The molecule has 2 nitrogen and oxygen atoms in total. The van der Waals surface area contributed by atoms with Crippen LogP contribution in [0.25, 0.3) is 0 Å². The van der Waals surface area contributed by atoms with Crippen LogP contribution >= 0.6 is 23.1 Å². The summed E-state index contributed by atoms with van der Waals surface area (Å²) in [6, 6.07) is 6.63. The molecule has 2 aromatic rings. The van der Waals surface area contributed by atoms with E-state index >= 15 is 0 Å². The molecule has 2 rings (SSSR count). The summed E-state index contributed by atoms with van der Waals surface area (Å²) in [4.78, 5) is 5.14. The smallest absolute Gasteiger partial charge is 0.136 e. The van der Waals surface area contributed by atoms with Crippen molar-refractivity contribution in [2.75, 3.05) is 5.75 Å². The summed E-state index contributed by atoms with van der Waals surface area (Å²) in [6.07, 6.45) is -0.00377. The molecule has 0 aliphatic carbocycles. The molecule has 0 fully saturated rings. The van der Waals surface area contributed by atoms with Crippen LogP contribution in [0.1, 0.15) is 31.5 Å². The number of thioether (sulfide) groups is 1. The average molecular weight is 325 g/mol. The molecule has 0 aliphatic rings. The van der Waals surface area contributed by atoms with Crippen LogP contribution in [0.4, 0.5) is 4.39 Å². The van der Waals surface area contributed by atoms with E-state index in [1.165, 1.54) is 17.8 Å². The topological polar surface area (TPSA) is 33.1 Å². The molecule has 0 radical (unpaired) electrons. The molecule has 0 aliphatic heterocycles. The van der Waals surface area contributed by atoms with Gasteiger partial charge in [-0.15, -0.1) is 23.1 Å². The lowest BCUT2D eigenvalue weighted by Crippen LogP contribution is -2.15. The van der Waals surface area contributed by atoms with Crippen molar-refractivity contribution in [3.8, 4) is 0 Å². The van der Waals surface area contributed by atoms with E-state index in [2.05, 4.69) is 25.8 Å². The highest BCUT2D eigenvalue weighted by atomic mass is 32.2. The minimum absolute atomic E-state index is 0.0294. The maximum absolute atomic E-state index is 13.5. The second-order valence-electron chi connectivity index (χ2n) is 5.98. The first-order valence-corrected chi connectivity index (χ1v) is 8.73. The number of aromatic nitrogens is 1. The molecule has 1 aromatic carbocycles. The van der Waals surface area contributed by atoms with Crippen LogP contribution < -0.4 is 0 Å². The minimum Gasteiger partial charge on any atom is -0.392 e. The normalized spacial score (nSPS) is 13.4. The van der Waals surface area contributed by atoms with Crippen LogP contribution in [-0.2, 0) is 11.8 Å². The maximum atomic E-state index is 13.5. The Kier molecular flexibility index (Phi) is 5.41. The molecular formula is C16H20FNOS2. The van der Waals surface area contributed by atoms with Gasteiger partial charge < -0.3 is 5.11 Å². The van der Waals surface area contributed by atoms with Crippen LogP contribution in [0.5, 0.6) is 0 Å². The van der Waals surface area contributed by atoms with E-state index in [-0.39, 0.29) is 11.2 Å². The van der Waals surface area contributed by atoms with Crippen molar-refractivity contribution in [2.45, 2.75) is 43.6 Å². The Balaban J connectivity index is 1.89. The third-order valence-electron chi connectivity index (χ3n) is 3.00. The molecule has 1 N–H and O–H groups in total. The summed E-state index contributed by atoms with van der Waals surface area (Å²) in [6.45, 7) is 6.36. The third kappa shape index (κ3) is 4.80. The zero-order valence-electron chi connectivity index (χ0n) is 12.5. The maximum Gasteiger partial charge on any atom is 0.136 e. The molecule has 1 heterocycles. The van der Waals surface area contributed by atoms with Gasteiger partial charge in [-0.05, 0) is 12.1 Å². The monoisotopic (exact) mass is 325 g/mol. The van der Waals surface area contributed by atoms with Crippen LogP contribution in [0.3, 0.4) is 0 Å². The molecule has 21 heavy (non-hydrogen) atoms. The van der Waals surface area contributed by atoms with Gasteiger partial charge in [0.25, 0.3) is 0 Å². The largest absolute Gasteiger partial charge is 0.392 e. The third-order valence-corrected chi connectivity index (χ3v) is 5.06. The van der Waals surface area contributed by atoms with E-state index < -0.39 is 6.10 Å². The van der Waals surface area contributed by atoms with E-state index in [0.717, 1.165) is 10.7 Å². The molecule has 0 amide bonds. The van der Waals surface area contributed by atoms with Crippen molar-refractivity contribution < 1.29 is 9.50 Å². The molecule has 1 atom stereocenters. The number of nitrogens with zero attached hydrogens (tertiary/aromatic N) is 1. The van der Waals surface area contributed by atoms with E-state index in [1.807, 2.05) is 5.38 Å². The summed E-state index contributed by atoms with van der Waals surface area (Å²) >= 11 is 2.91. The van der Waals surface area contributed by atoms with E-state index in [1.54, 1.807) is 29.5 Å². The quantitative estimate of drug-likeness (QED) is 0.833. The molecule has 1 aromatic heterocycles. The lowest BCUT2D eigenvalue weighted by Gasteiger charge is -2.14. The highest BCUT2D eigenvalue weighted by Gasteiger charge is 2.18. The fourth-order valence-corrected chi connectivity index (χ4v) is 3.72. The minimum atomic E-state index is -0.520. The number of rotatable bonds is 5. The molecule has 0 saturated carbocycles. The highest BCUT2D eigenvalue weighted by molar-refractivity contribution is 7.99. The first kappa shape index (κ1) is 16.5. The number of benzene rings is 1. The van der Waals surface area contributed by atoms with Crippen LogP contribution in [0, 0.1) is 5.82 Å². The summed E-state index contributed by atoms with van der Waals surface area (Å²) in [7, 11) is 0. The van der Waals surface area contributed by atoms with Gasteiger partial charge in [0.15, 0.2) is 0 Å². The molecular weight excluding hydrogens is 305 g/mol. The second-order valence-corrected chi connectivity index (χ2v) is 7.98. The summed E-state index contributed by atoms with van der Waals surface area (Å²) < 4.78 is 13.5. The van der Waals surface area contributed by atoms with Crippen molar-refractivity contribution in [1.82, 2.24) is 4.98 Å². The standard InChI is InChI=1S/C16H20FNOS2/c1-16(2,3)14-10-21-15(18-14)8-11(19)9-20-13-7-5-4-6-12(13)17/h4-7,10-11,19H,8-9H2,1-3H3. The van der Waals surface area contributed by atoms with E-state index in [0.29, 0.717) is 17.1 Å². The molecule has 0 spiro atoms. The number of thiazole rings is 1. The Hall–Kier alpha value is -0.910. The molecule has 5 heteroatoms. The van der Waals surface area contributed by atoms with Gasteiger partial charge in [0.05, 0.1) is 16.8 Å². The van der Waals surface area contributed by atoms with Gasteiger partial charge >= 0.3 is 0 Å². The number of hydrogen-bond donors (Lipinski definition) is 1. The SMILES string of the molecule is CC(C)(C)c1csc(CC(O)CSc2ccccc2F)n1. The van der Waals surface area contributed by atoms with Crippen LogP contribution in [-0.4, -0.2) is 21.9 Å². The molecule has 0 saturated heterocycles. The van der Waals surface area contributed by atoms with Gasteiger partial charge in [0, 0.05) is 27.9 Å². The number of aliphatic hydroxyl groups is 1. The van der Waals surface area contributed by atoms with Crippen molar-refractivity contribution in [3.63, 3.8) is 0 Å². The zero-order chi connectivity index (χ0) is 15.5. The van der Waals surface area contributed by atoms with Crippen molar-refractivity contribution in [2.24, 2.45) is 0 Å². The first-order chi connectivity index (χ1) is 9.86. The van der Waals surface area contributed by atoms with Crippen molar-refractivity contribution in [1.29, 1.82) is 0 Å². The number of aliphatic hydroxyl groups excluding tert-OH is 1. The summed E-state index contributed by atoms with van der Waals surface area (Å²) in [5.74, 6) is 0.227. The Morgan fingerprint density at radius 1 is 1.33 bits per heavy atom. The Bertz CT molecular complexity index is 592. The van der Waals surface area contributed by atoms with E-state index in [4.69, 9.17) is 0 Å². The van der Waals surface area contributed by atoms with Gasteiger partial charge in [-0.3, -0.25) is 0 Å². The summed E-state index contributed by atoms with van der Waals surface area (Å²) in [5.41, 5.74) is 1.08. The van der Waals surface area contributed by atoms with Gasteiger partial charge in [-0.2, -0.15) is 0 Å². The van der Waals surface area contributed by atoms with Gasteiger partial charge in [0.2, 0.25) is 0 Å². The number of halogens is 1. The lowest BCUT2D eigenvalue weighted by atomic mass is 9.93. The predicted molar refractivity (Wildman–Crippen MR) is 87.6 cm³/mol. The molecule has 1 unspecified atom stereocenters. The van der Waals surface area contributed by atoms with Gasteiger partial charge in [-0.25, -0.2) is 9.37 Å². The summed E-state index contributed by atoms with van der Waals surface area (Å²) in [5, 5.41) is 13.1. The predicted octanol–water partition coefficient (Wildman–Crippen LogP) is 4.28. The Morgan fingerprint density at radius 3 is 2.67 bits per heavy atom. The average Bonchev–Trinajstić information content (AvgIpc) is 2.86. The number of hydrogen-bond acceptors (Lipinski definition) is 4. The Labute approximate surface area is 133 Å². The van der Waals surface area contributed by atoms with Crippen molar-refractivity contribution >= 4 is 23.1 Å². The zero-order valence-corrected chi connectivity index (χ0v) is 14.1. The molecule has 0 bridgehead atoms. The van der Waals surface area contributed by atoms with Crippen LogP contribution in [0.15, 0.2) is 34.5 Å². The highest BCUT2D eigenvalue weighted by Crippen LogP contribution is 2.26. The van der Waals surface area contributed by atoms with Crippen molar-refractivity contribution in [3.05, 3.63) is 46.2 Å². The Morgan fingerprint density at radius 2 is 2.05 bits per heavy atom. The second kappa shape index (κ2) is 6.90. The molecule has 114 valence electrons. The van der Waals surface area contributed by atoms with Gasteiger partial charge in [0.1, 0.15) is 5.82 Å². The van der Waals surface area contributed by atoms with Crippen LogP contribution in [0.2, 0.25) is 0 Å². The first-order valence-electron chi connectivity index (χ1n) is 6.86.